The van der Waals surface area contributed by atoms with Gasteiger partial charge in [0.05, 0.1) is 15.8 Å². The minimum atomic E-state index is -0.503. The number of hydrogen-bond donors (Lipinski definition) is 0. The van der Waals surface area contributed by atoms with Gasteiger partial charge in [0.15, 0.2) is 0 Å². The Morgan fingerprint density at radius 2 is 2.24 bits per heavy atom. The van der Waals surface area contributed by atoms with Gasteiger partial charge < -0.3 is 0 Å². The molecule has 6 heteroatoms. The Bertz CT molecular complexity index is 690. The molecule has 2 heterocycles. The minimum Gasteiger partial charge on any atom is -0.296 e. The lowest BCUT2D eigenvalue weighted by molar-refractivity contribution is -0.384. The summed E-state index contributed by atoms with van der Waals surface area (Å²) in [5, 5.41) is 11.0. The van der Waals surface area contributed by atoms with E-state index < -0.39 is 4.92 Å². The number of rotatable bonds is 1. The Labute approximate surface area is 95.7 Å². The van der Waals surface area contributed by atoms with E-state index in [9.17, 15) is 14.9 Å². The maximum Gasteiger partial charge on any atom is 0.270 e. The van der Waals surface area contributed by atoms with Gasteiger partial charge in [-0.2, -0.15) is 0 Å². The van der Waals surface area contributed by atoms with Crippen LogP contribution >= 0.6 is 0 Å². The lowest BCUT2D eigenvalue weighted by atomic mass is 10.2. The summed E-state index contributed by atoms with van der Waals surface area (Å²) in [4.78, 5) is 26.6. The summed E-state index contributed by atoms with van der Waals surface area (Å²) in [5.74, 6) is 0.774. The molecule has 2 aromatic rings. The molecule has 6 nitrogen and oxygen atoms in total. The molecule has 1 aromatic heterocycles. The number of benzene rings is 1. The Morgan fingerprint density at radius 1 is 1.41 bits per heavy atom. The van der Waals surface area contributed by atoms with E-state index in [-0.39, 0.29) is 11.2 Å². The quantitative estimate of drug-likeness (QED) is 0.546. The van der Waals surface area contributed by atoms with Crippen molar-refractivity contribution in [3.63, 3.8) is 0 Å². The highest BCUT2D eigenvalue weighted by Gasteiger charge is 2.17. The van der Waals surface area contributed by atoms with Crippen LogP contribution in [0.3, 0.4) is 0 Å². The highest BCUT2D eigenvalue weighted by Crippen LogP contribution is 2.19. The third-order valence-corrected chi connectivity index (χ3v) is 3.01. The lowest BCUT2D eigenvalue weighted by Gasteiger charge is -2.04. The second-order valence-corrected chi connectivity index (χ2v) is 4.05. The van der Waals surface area contributed by atoms with Gasteiger partial charge in [-0.1, -0.05) is 0 Å². The van der Waals surface area contributed by atoms with Crippen molar-refractivity contribution in [3.8, 4) is 0 Å². The number of hydrogen-bond acceptors (Lipinski definition) is 4. The van der Waals surface area contributed by atoms with Gasteiger partial charge in [-0.15, -0.1) is 0 Å². The molecular weight excluding hydrogens is 222 g/mol. The summed E-state index contributed by atoms with van der Waals surface area (Å²) in [6.07, 6.45) is 1.70. The monoisotopic (exact) mass is 231 g/mol. The number of aryl methyl sites for hydroxylation is 1. The number of aromatic nitrogens is 2. The molecule has 1 aliphatic rings. The van der Waals surface area contributed by atoms with Crippen LogP contribution in [0.1, 0.15) is 12.2 Å². The first-order chi connectivity index (χ1) is 8.16. The van der Waals surface area contributed by atoms with Crippen molar-refractivity contribution in [1.29, 1.82) is 0 Å². The number of non-ortho nitro benzene ring substituents is 1. The van der Waals surface area contributed by atoms with Crippen molar-refractivity contribution in [2.24, 2.45) is 0 Å². The topological polar surface area (TPSA) is 78.0 Å². The van der Waals surface area contributed by atoms with Crippen LogP contribution < -0.4 is 5.56 Å². The van der Waals surface area contributed by atoms with Crippen LogP contribution in [0.15, 0.2) is 23.0 Å². The summed E-state index contributed by atoms with van der Waals surface area (Å²) in [6, 6.07) is 4.21. The van der Waals surface area contributed by atoms with E-state index in [0.717, 1.165) is 18.7 Å². The number of nitro benzene ring substituents is 1. The molecule has 1 aromatic carbocycles. The highest BCUT2D eigenvalue weighted by molar-refractivity contribution is 5.80. The first kappa shape index (κ1) is 9.95. The lowest BCUT2D eigenvalue weighted by Crippen LogP contribution is -2.20. The van der Waals surface area contributed by atoms with Crippen LogP contribution in [0, 0.1) is 10.1 Å². The number of nitro groups is 1. The standard InChI is InChI=1S/C11H9N3O3/c15-11-8-6-7(14(16)17)3-4-9(8)12-10-2-1-5-13(10)11/h3-4,6H,1-2,5H2. The first-order valence-corrected chi connectivity index (χ1v) is 5.35. The fraction of sp³-hybridized carbons (Fsp3) is 0.273. The predicted molar refractivity (Wildman–Crippen MR) is 61.0 cm³/mol. The summed E-state index contributed by atoms with van der Waals surface area (Å²) < 4.78 is 1.60. The van der Waals surface area contributed by atoms with Gasteiger partial charge in [-0.05, 0) is 12.5 Å². The van der Waals surface area contributed by atoms with Crippen LogP contribution in [-0.2, 0) is 13.0 Å². The Hall–Kier alpha value is -2.24. The summed E-state index contributed by atoms with van der Waals surface area (Å²) >= 11 is 0. The fourth-order valence-electron chi connectivity index (χ4n) is 2.19. The zero-order valence-electron chi connectivity index (χ0n) is 8.92. The molecule has 0 spiro atoms. The fourth-order valence-corrected chi connectivity index (χ4v) is 2.19. The van der Waals surface area contributed by atoms with E-state index in [1.54, 1.807) is 4.57 Å². The van der Waals surface area contributed by atoms with E-state index in [4.69, 9.17) is 0 Å². The smallest absolute Gasteiger partial charge is 0.270 e. The van der Waals surface area contributed by atoms with Gasteiger partial charge in [0.25, 0.3) is 11.2 Å². The molecule has 0 saturated heterocycles. The maximum absolute atomic E-state index is 12.1. The first-order valence-electron chi connectivity index (χ1n) is 5.35. The van der Waals surface area contributed by atoms with Crippen LogP contribution in [-0.4, -0.2) is 14.5 Å². The predicted octanol–water partition coefficient (Wildman–Crippen LogP) is 1.25. The van der Waals surface area contributed by atoms with Gasteiger partial charge in [0.1, 0.15) is 5.82 Å². The molecule has 86 valence electrons. The Balaban J connectivity index is 2.37. The average molecular weight is 231 g/mol. The summed E-state index contributed by atoms with van der Waals surface area (Å²) in [7, 11) is 0. The normalized spacial score (nSPS) is 13.9. The summed E-state index contributed by atoms with van der Waals surface area (Å²) in [6.45, 7) is 0.653. The van der Waals surface area contributed by atoms with Crippen molar-refractivity contribution >= 4 is 16.6 Å². The molecule has 0 amide bonds. The number of nitrogens with zero attached hydrogens (tertiary/aromatic N) is 3. The minimum absolute atomic E-state index is 0.0741. The van der Waals surface area contributed by atoms with Crippen molar-refractivity contribution < 1.29 is 4.92 Å². The highest BCUT2D eigenvalue weighted by atomic mass is 16.6. The van der Waals surface area contributed by atoms with Crippen LogP contribution in [0.4, 0.5) is 5.69 Å². The molecule has 3 rings (SSSR count). The van der Waals surface area contributed by atoms with Gasteiger partial charge >= 0.3 is 0 Å². The zero-order valence-corrected chi connectivity index (χ0v) is 8.92. The molecule has 0 saturated carbocycles. The SMILES string of the molecule is O=c1c2cc([N+](=O)[O-])ccc2nc2n1CCC2. The molecule has 0 atom stereocenters. The third-order valence-electron chi connectivity index (χ3n) is 3.01. The molecule has 0 aliphatic carbocycles. The van der Waals surface area contributed by atoms with Crippen LogP contribution in [0.25, 0.3) is 10.9 Å². The molecule has 17 heavy (non-hydrogen) atoms. The van der Waals surface area contributed by atoms with Crippen molar-refractivity contribution in [2.75, 3.05) is 0 Å². The van der Waals surface area contributed by atoms with Gasteiger partial charge in [-0.3, -0.25) is 19.5 Å². The second kappa shape index (κ2) is 3.38. The van der Waals surface area contributed by atoms with Gasteiger partial charge in [0.2, 0.25) is 0 Å². The van der Waals surface area contributed by atoms with Gasteiger partial charge in [0, 0.05) is 25.1 Å². The van der Waals surface area contributed by atoms with Crippen LogP contribution in [0.5, 0.6) is 0 Å². The van der Waals surface area contributed by atoms with E-state index in [1.165, 1.54) is 18.2 Å². The third kappa shape index (κ3) is 1.41. The largest absolute Gasteiger partial charge is 0.296 e. The van der Waals surface area contributed by atoms with E-state index in [0.29, 0.717) is 17.4 Å². The molecule has 1 aliphatic heterocycles. The van der Waals surface area contributed by atoms with E-state index in [1.807, 2.05) is 0 Å². The maximum atomic E-state index is 12.1. The van der Waals surface area contributed by atoms with Gasteiger partial charge in [-0.25, -0.2) is 4.98 Å². The van der Waals surface area contributed by atoms with Crippen molar-refractivity contribution in [2.45, 2.75) is 19.4 Å². The molecule has 0 bridgehead atoms. The summed E-state index contributed by atoms with van der Waals surface area (Å²) in [5.41, 5.74) is 0.287. The van der Waals surface area contributed by atoms with E-state index >= 15 is 0 Å². The zero-order chi connectivity index (χ0) is 12.0. The Kier molecular flexibility index (Phi) is 1.98. The second-order valence-electron chi connectivity index (χ2n) is 4.05. The molecule has 0 unspecified atom stereocenters. The van der Waals surface area contributed by atoms with E-state index in [2.05, 4.69) is 4.98 Å². The molecule has 0 N–H and O–H groups in total. The van der Waals surface area contributed by atoms with Crippen molar-refractivity contribution in [3.05, 3.63) is 44.5 Å². The van der Waals surface area contributed by atoms with Crippen LogP contribution in [0.2, 0.25) is 0 Å². The number of fused-ring (bicyclic) bond motifs is 2. The molecule has 0 radical (unpaired) electrons. The molecule has 0 fully saturated rings. The average Bonchev–Trinajstić information content (AvgIpc) is 2.77. The Morgan fingerprint density at radius 3 is 3.00 bits per heavy atom. The van der Waals surface area contributed by atoms with Crippen molar-refractivity contribution in [1.82, 2.24) is 9.55 Å². The molecular formula is C11H9N3O3.